The predicted octanol–water partition coefficient (Wildman–Crippen LogP) is 3.31. The molecule has 0 aliphatic rings. The molecule has 2 N–H and O–H groups in total. The van der Waals surface area contributed by atoms with Crippen molar-refractivity contribution in [2.24, 2.45) is 0 Å². The topological polar surface area (TPSA) is 92.5 Å². The average molecular weight is 294 g/mol. The van der Waals surface area contributed by atoms with Gasteiger partial charge in [0.05, 0.1) is 21.9 Å². The van der Waals surface area contributed by atoms with Gasteiger partial charge in [-0.2, -0.15) is 0 Å². The van der Waals surface area contributed by atoms with Crippen LogP contribution in [0.1, 0.15) is 10.4 Å². The monoisotopic (exact) mass is 294 g/mol. The molecular weight excluding hydrogens is 286 g/mol. The lowest BCUT2D eigenvalue weighted by Gasteiger charge is -2.10. The Hall–Kier alpha value is -3.03. The van der Waals surface area contributed by atoms with Crippen LogP contribution in [0.5, 0.6) is 0 Å². The fraction of sp³-hybridized carbons (Fsp3) is 0. The molecule has 0 radical (unpaired) electrons. The second-order valence-corrected chi connectivity index (χ2v) is 4.04. The van der Waals surface area contributed by atoms with Crippen molar-refractivity contribution in [1.82, 2.24) is 0 Å². The Kier molecular flexibility index (Phi) is 3.79. The maximum absolute atomic E-state index is 13.5. The normalized spacial score (nSPS) is 10.2. The van der Waals surface area contributed by atoms with Gasteiger partial charge in [-0.3, -0.25) is 10.1 Å². The van der Waals surface area contributed by atoms with Gasteiger partial charge in [-0.05, 0) is 18.2 Å². The first-order chi connectivity index (χ1) is 9.88. The van der Waals surface area contributed by atoms with E-state index < -0.39 is 22.5 Å². The van der Waals surface area contributed by atoms with E-state index >= 15 is 0 Å². The third-order valence-electron chi connectivity index (χ3n) is 2.64. The fourth-order valence-electron chi connectivity index (χ4n) is 1.67. The summed E-state index contributed by atoms with van der Waals surface area (Å²) in [4.78, 5) is 21.0. The van der Waals surface area contributed by atoms with Gasteiger partial charge in [0.15, 0.2) is 0 Å². The van der Waals surface area contributed by atoms with Crippen LogP contribution in [0.15, 0.2) is 36.4 Å². The van der Waals surface area contributed by atoms with E-state index in [-0.39, 0.29) is 22.6 Å². The second-order valence-electron chi connectivity index (χ2n) is 4.04. The molecule has 8 heteroatoms. The number of hydrogen-bond donors (Lipinski definition) is 2. The molecule has 0 fully saturated rings. The van der Waals surface area contributed by atoms with Crippen molar-refractivity contribution >= 4 is 23.0 Å². The van der Waals surface area contributed by atoms with Gasteiger partial charge in [0.2, 0.25) is 0 Å². The predicted molar refractivity (Wildman–Crippen MR) is 69.7 cm³/mol. The summed E-state index contributed by atoms with van der Waals surface area (Å²) in [5.41, 5.74) is -1.21. The zero-order chi connectivity index (χ0) is 15.6. The molecule has 108 valence electrons. The van der Waals surface area contributed by atoms with E-state index in [0.29, 0.717) is 0 Å². The van der Waals surface area contributed by atoms with E-state index in [1.807, 2.05) is 0 Å². The van der Waals surface area contributed by atoms with Crippen molar-refractivity contribution in [3.63, 3.8) is 0 Å². The number of nitro groups is 1. The van der Waals surface area contributed by atoms with Crippen molar-refractivity contribution in [2.45, 2.75) is 0 Å². The van der Waals surface area contributed by atoms with E-state index in [4.69, 9.17) is 5.11 Å². The first-order valence-corrected chi connectivity index (χ1v) is 5.62. The smallest absolute Gasteiger partial charge is 0.337 e. The van der Waals surface area contributed by atoms with Crippen LogP contribution in [-0.4, -0.2) is 16.0 Å². The quantitative estimate of drug-likeness (QED) is 0.666. The molecule has 6 nitrogen and oxygen atoms in total. The Morgan fingerprint density at radius 2 is 1.86 bits per heavy atom. The minimum atomic E-state index is -1.36. The molecule has 0 amide bonds. The lowest BCUT2D eigenvalue weighted by atomic mass is 10.1. The molecule has 0 bridgehead atoms. The van der Waals surface area contributed by atoms with E-state index in [0.717, 1.165) is 36.4 Å². The molecule has 0 spiro atoms. The number of hydrogen-bond acceptors (Lipinski definition) is 4. The number of nitro benzene ring substituents is 1. The number of rotatable bonds is 4. The van der Waals surface area contributed by atoms with Crippen molar-refractivity contribution in [2.75, 3.05) is 5.32 Å². The summed E-state index contributed by atoms with van der Waals surface area (Å²) in [6.45, 7) is 0. The minimum Gasteiger partial charge on any atom is -0.478 e. The number of aromatic carboxylic acids is 1. The summed E-state index contributed by atoms with van der Waals surface area (Å²) < 4.78 is 26.6. The third-order valence-corrected chi connectivity index (χ3v) is 2.64. The third kappa shape index (κ3) is 3.11. The molecule has 0 saturated carbocycles. The van der Waals surface area contributed by atoms with Crippen LogP contribution in [0, 0.1) is 21.7 Å². The van der Waals surface area contributed by atoms with Crippen LogP contribution >= 0.6 is 0 Å². The molecule has 0 unspecified atom stereocenters. The number of non-ortho nitro benzene ring substituents is 1. The van der Waals surface area contributed by atoms with Gasteiger partial charge in [-0.15, -0.1) is 0 Å². The molecule has 0 heterocycles. The molecule has 2 aromatic rings. The Labute approximate surface area is 116 Å². The standard InChI is InChI=1S/C13H8F2N2O4/c14-7-1-4-10(15)12(5-7)16-11-6-8(17(20)21)2-3-9(11)13(18)19/h1-6,16H,(H,18,19). The van der Waals surface area contributed by atoms with Gasteiger partial charge < -0.3 is 10.4 Å². The highest BCUT2D eigenvalue weighted by molar-refractivity contribution is 5.95. The lowest BCUT2D eigenvalue weighted by molar-refractivity contribution is -0.384. The van der Waals surface area contributed by atoms with Crippen LogP contribution in [-0.2, 0) is 0 Å². The molecule has 0 aromatic heterocycles. The molecule has 0 atom stereocenters. The molecule has 21 heavy (non-hydrogen) atoms. The van der Waals surface area contributed by atoms with Gasteiger partial charge in [0.1, 0.15) is 11.6 Å². The van der Waals surface area contributed by atoms with E-state index in [1.54, 1.807) is 0 Å². The second kappa shape index (κ2) is 5.53. The molecular formula is C13H8F2N2O4. The highest BCUT2D eigenvalue weighted by Gasteiger charge is 2.16. The molecule has 0 aliphatic heterocycles. The summed E-state index contributed by atoms with van der Waals surface area (Å²) in [6, 6.07) is 5.53. The van der Waals surface area contributed by atoms with Crippen molar-refractivity contribution in [1.29, 1.82) is 0 Å². The summed E-state index contributed by atoms with van der Waals surface area (Å²) in [5, 5.41) is 22.1. The van der Waals surface area contributed by atoms with Crippen LogP contribution in [0.3, 0.4) is 0 Å². The first-order valence-electron chi connectivity index (χ1n) is 5.62. The number of benzene rings is 2. The highest BCUT2D eigenvalue weighted by Crippen LogP contribution is 2.27. The number of carboxylic acids is 1. The fourth-order valence-corrected chi connectivity index (χ4v) is 1.67. The van der Waals surface area contributed by atoms with Gasteiger partial charge >= 0.3 is 5.97 Å². The summed E-state index contributed by atoms with van der Waals surface area (Å²) in [7, 11) is 0. The molecule has 2 rings (SSSR count). The maximum atomic E-state index is 13.5. The zero-order valence-corrected chi connectivity index (χ0v) is 10.3. The zero-order valence-electron chi connectivity index (χ0n) is 10.3. The molecule has 0 saturated heterocycles. The van der Waals surface area contributed by atoms with Gasteiger partial charge in [0.25, 0.3) is 5.69 Å². The van der Waals surface area contributed by atoms with Crippen LogP contribution in [0.2, 0.25) is 0 Å². The van der Waals surface area contributed by atoms with E-state index in [2.05, 4.69) is 5.32 Å². The maximum Gasteiger partial charge on any atom is 0.337 e. The number of carboxylic acid groups (broad SMARTS) is 1. The average Bonchev–Trinajstić information content (AvgIpc) is 2.42. The van der Waals surface area contributed by atoms with Gasteiger partial charge in [-0.1, -0.05) is 0 Å². The number of carbonyl (C=O) groups is 1. The van der Waals surface area contributed by atoms with E-state index in [9.17, 15) is 23.7 Å². The Morgan fingerprint density at radius 1 is 1.14 bits per heavy atom. The summed E-state index contributed by atoms with van der Waals surface area (Å²) in [6.07, 6.45) is 0. The molecule has 0 aliphatic carbocycles. The largest absolute Gasteiger partial charge is 0.478 e. The number of nitrogens with zero attached hydrogens (tertiary/aromatic N) is 1. The van der Waals surface area contributed by atoms with E-state index in [1.165, 1.54) is 0 Å². The lowest BCUT2D eigenvalue weighted by Crippen LogP contribution is -2.05. The Morgan fingerprint density at radius 3 is 2.48 bits per heavy atom. The Bertz CT molecular complexity index is 734. The van der Waals surface area contributed by atoms with Crippen molar-refractivity contribution < 1.29 is 23.6 Å². The van der Waals surface area contributed by atoms with Crippen molar-refractivity contribution in [3.8, 4) is 0 Å². The number of nitrogens with one attached hydrogen (secondary N) is 1. The van der Waals surface area contributed by atoms with Crippen LogP contribution < -0.4 is 5.32 Å². The van der Waals surface area contributed by atoms with Crippen molar-refractivity contribution in [3.05, 3.63) is 63.7 Å². The summed E-state index contributed by atoms with van der Waals surface area (Å²) in [5.74, 6) is -2.91. The SMILES string of the molecule is O=C(O)c1ccc([N+](=O)[O-])cc1Nc1cc(F)ccc1F. The van der Waals surface area contributed by atoms with Crippen LogP contribution in [0.25, 0.3) is 0 Å². The Balaban J connectivity index is 2.50. The first kappa shape index (κ1) is 14.4. The summed E-state index contributed by atoms with van der Waals surface area (Å²) >= 11 is 0. The highest BCUT2D eigenvalue weighted by atomic mass is 19.1. The van der Waals surface area contributed by atoms with Crippen LogP contribution in [0.4, 0.5) is 25.8 Å². The van der Waals surface area contributed by atoms with Gasteiger partial charge in [0, 0.05) is 18.2 Å². The number of anilines is 2. The minimum absolute atomic E-state index is 0.207. The number of halogens is 2. The van der Waals surface area contributed by atoms with Gasteiger partial charge in [-0.25, -0.2) is 13.6 Å². The molecule has 2 aromatic carbocycles.